The molecule has 0 nitrogen and oxygen atoms in total. The standard InChI is InChI=1S/C8H12.C4H8/c1-8(2)6-4-3-5-7-8;1-4(2)3/h3-6H,7H2,1-2H3;1H2,2-3H3. The molecule has 0 unspecified atom stereocenters. The van der Waals surface area contributed by atoms with Crippen molar-refractivity contribution < 1.29 is 0 Å². The van der Waals surface area contributed by atoms with Gasteiger partial charge in [-0.1, -0.05) is 43.7 Å². The van der Waals surface area contributed by atoms with E-state index < -0.39 is 0 Å². The maximum Gasteiger partial charge on any atom is -0.0137 e. The molecule has 0 atom stereocenters. The summed E-state index contributed by atoms with van der Waals surface area (Å²) in [5.41, 5.74) is 1.58. The van der Waals surface area contributed by atoms with Crippen molar-refractivity contribution in [3.05, 3.63) is 36.5 Å². The van der Waals surface area contributed by atoms with Crippen molar-refractivity contribution in [1.82, 2.24) is 0 Å². The Morgan fingerprint density at radius 3 is 1.92 bits per heavy atom. The van der Waals surface area contributed by atoms with Crippen LogP contribution in [0.4, 0.5) is 0 Å². The normalized spacial score (nSPS) is 18.0. The lowest BCUT2D eigenvalue weighted by Gasteiger charge is -2.19. The van der Waals surface area contributed by atoms with E-state index >= 15 is 0 Å². The van der Waals surface area contributed by atoms with Crippen LogP contribution in [0.25, 0.3) is 0 Å². The summed E-state index contributed by atoms with van der Waals surface area (Å²) in [5, 5.41) is 0. The number of allylic oxidation sites excluding steroid dienone is 5. The molecule has 0 amide bonds. The second kappa shape index (κ2) is 4.97. The zero-order chi connectivity index (χ0) is 9.61. The van der Waals surface area contributed by atoms with Crippen molar-refractivity contribution >= 4 is 0 Å². The fraction of sp³-hybridized carbons (Fsp3) is 0.500. The minimum atomic E-state index is 0.411. The van der Waals surface area contributed by atoms with Gasteiger partial charge in [-0.25, -0.2) is 0 Å². The molecule has 0 heteroatoms. The lowest BCUT2D eigenvalue weighted by Crippen LogP contribution is -2.06. The summed E-state index contributed by atoms with van der Waals surface area (Å²) in [6.07, 6.45) is 9.85. The molecule has 1 aliphatic rings. The van der Waals surface area contributed by atoms with Crippen LogP contribution < -0.4 is 0 Å². The highest BCUT2D eigenvalue weighted by Gasteiger charge is 2.11. The Bertz CT molecular complexity index is 188. The predicted molar refractivity (Wildman–Crippen MR) is 57.2 cm³/mol. The molecule has 0 aromatic carbocycles. The van der Waals surface area contributed by atoms with Crippen LogP contribution in [0.5, 0.6) is 0 Å². The summed E-state index contributed by atoms with van der Waals surface area (Å²) in [5.74, 6) is 0. The third-order valence-corrected chi connectivity index (χ3v) is 1.44. The van der Waals surface area contributed by atoms with Crippen LogP contribution in [0.2, 0.25) is 0 Å². The molecule has 0 aromatic heterocycles. The van der Waals surface area contributed by atoms with Crippen LogP contribution in [-0.4, -0.2) is 0 Å². The minimum absolute atomic E-state index is 0.411. The average Bonchev–Trinajstić information content (AvgIpc) is 1.85. The molecular weight excluding hydrogens is 144 g/mol. The lowest BCUT2D eigenvalue weighted by molar-refractivity contribution is 0.484. The molecule has 0 spiro atoms. The Morgan fingerprint density at radius 1 is 1.25 bits per heavy atom. The smallest absolute Gasteiger partial charge is 0.0137 e. The van der Waals surface area contributed by atoms with E-state index in [1.54, 1.807) is 0 Å². The number of hydrogen-bond acceptors (Lipinski definition) is 0. The molecule has 68 valence electrons. The molecule has 0 N–H and O–H groups in total. The summed E-state index contributed by atoms with van der Waals surface area (Å²) in [6.45, 7) is 12.0. The van der Waals surface area contributed by atoms with Gasteiger partial charge in [0.15, 0.2) is 0 Å². The maximum absolute atomic E-state index is 3.56. The summed E-state index contributed by atoms with van der Waals surface area (Å²) in [7, 11) is 0. The minimum Gasteiger partial charge on any atom is -0.100 e. The van der Waals surface area contributed by atoms with E-state index in [0.29, 0.717) is 5.41 Å². The summed E-state index contributed by atoms with van der Waals surface area (Å²) in [4.78, 5) is 0. The number of hydrogen-bond donors (Lipinski definition) is 0. The average molecular weight is 164 g/mol. The Hall–Kier alpha value is -0.780. The Morgan fingerprint density at radius 2 is 1.75 bits per heavy atom. The highest BCUT2D eigenvalue weighted by atomic mass is 14.2. The molecule has 0 radical (unpaired) electrons. The van der Waals surface area contributed by atoms with Crippen molar-refractivity contribution in [1.29, 1.82) is 0 Å². The van der Waals surface area contributed by atoms with Gasteiger partial charge in [-0.05, 0) is 25.7 Å². The van der Waals surface area contributed by atoms with Gasteiger partial charge in [-0.2, -0.15) is 0 Å². The van der Waals surface area contributed by atoms with Crippen LogP contribution in [0.1, 0.15) is 34.1 Å². The maximum atomic E-state index is 3.56. The van der Waals surface area contributed by atoms with Gasteiger partial charge in [0.1, 0.15) is 0 Å². The van der Waals surface area contributed by atoms with Crippen LogP contribution >= 0.6 is 0 Å². The summed E-state index contributed by atoms with van der Waals surface area (Å²) < 4.78 is 0. The molecule has 0 heterocycles. The Labute approximate surface area is 76.7 Å². The van der Waals surface area contributed by atoms with Gasteiger partial charge in [-0.15, -0.1) is 6.58 Å². The Kier molecular flexibility index (Phi) is 4.65. The molecule has 0 saturated heterocycles. The van der Waals surface area contributed by atoms with Crippen molar-refractivity contribution in [2.75, 3.05) is 0 Å². The first kappa shape index (κ1) is 11.2. The third-order valence-electron chi connectivity index (χ3n) is 1.44. The molecule has 0 aliphatic heterocycles. The topological polar surface area (TPSA) is 0 Å². The van der Waals surface area contributed by atoms with E-state index in [-0.39, 0.29) is 0 Å². The van der Waals surface area contributed by atoms with Gasteiger partial charge in [-0.3, -0.25) is 0 Å². The molecular formula is C12H20. The van der Waals surface area contributed by atoms with Crippen molar-refractivity contribution in [3.63, 3.8) is 0 Å². The van der Waals surface area contributed by atoms with E-state index in [0.717, 1.165) is 0 Å². The SMILES string of the molecule is C=C(C)C.CC1(C)C=CC=CC1. The second-order valence-electron chi connectivity index (χ2n) is 4.19. The van der Waals surface area contributed by atoms with Crippen LogP contribution in [0, 0.1) is 5.41 Å². The lowest BCUT2D eigenvalue weighted by atomic mass is 9.86. The Balaban J connectivity index is 0.000000261. The summed E-state index contributed by atoms with van der Waals surface area (Å²) >= 11 is 0. The highest BCUT2D eigenvalue weighted by molar-refractivity contribution is 5.13. The fourth-order valence-corrected chi connectivity index (χ4v) is 0.834. The van der Waals surface area contributed by atoms with Gasteiger partial charge >= 0.3 is 0 Å². The molecule has 1 aliphatic carbocycles. The van der Waals surface area contributed by atoms with E-state index in [4.69, 9.17) is 0 Å². The number of rotatable bonds is 0. The first-order valence-corrected chi connectivity index (χ1v) is 4.40. The first-order chi connectivity index (χ1) is 5.44. The monoisotopic (exact) mass is 164 g/mol. The predicted octanol–water partition coefficient (Wildman–Crippen LogP) is 4.11. The molecule has 0 aromatic rings. The van der Waals surface area contributed by atoms with E-state index in [9.17, 15) is 0 Å². The molecule has 0 bridgehead atoms. The van der Waals surface area contributed by atoms with Crippen molar-refractivity contribution in [3.8, 4) is 0 Å². The van der Waals surface area contributed by atoms with Gasteiger partial charge in [0.25, 0.3) is 0 Å². The van der Waals surface area contributed by atoms with Crippen LogP contribution in [-0.2, 0) is 0 Å². The summed E-state index contributed by atoms with van der Waals surface area (Å²) in [6, 6.07) is 0. The fourth-order valence-electron chi connectivity index (χ4n) is 0.834. The van der Waals surface area contributed by atoms with Gasteiger partial charge in [0.05, 0.1) is 0 Å². The van der Waals surface area contributed by atoms with Gasteiger partial charge < -0.3 is 0 Å². The van der Waals surface area contributed by atoms with Crippen LogP contribution in [0.3, 0.4) is 0 Å². The van der Waals surface area contributed by atoms with E-state index in [2.05, 4.69) is 44.7 Å². The van der Waals surface area contributed by atoms with Gasteiger partial charge in [0.2, 0.25) is 0 Å². The zero-order valence-corrected chi connectivity index (χ0v) is 8.72. The van der Waals surface area contributed by atoms with Crippen LogP contribution in [0.15, 0.2) is 36.5 Å². The van der Waals surface area contributed by atoms with Gasteiger partial charge in [0, 0.05) is 0 Å². The molecule has 0 fully saturated rings. The second-order valence-corrected chi connectivity index (χ2v) is 4.19. The third kappa shape index (κ3) is 7.33. The molecule has 1 rings (SSSR count). The van der Waals surface area contributed by atoms with E-state index in [1.807, 2.05) is 13.8 Å². The first-order valence-electron chi connectivity index (χ1n) is 4.40. The quantitative estimate of drug-likeness (QED) is 0.473. The van der Waals surface area contributed by atoms with E-state index in [1.165, 1.54) is 12.0 Å². The van der Waals surface area contributed by atoms with Crippen molar-refractivity contribution in [2.24, 2.45) is 5.41 Å². The zero-order valence-electron chi connectivity index (χ0n) is 8.72. The largest absolute Gasteiger partial charge is 0.100 e. The van der Waals surface area contributed by atoms with Crippen molar-refractivity contribution in [2.45, 2.75) is 34.1 Å². The molecule has 0 saturated carbocycles. The highest BCUT2D eigenvalue weighted by Crippen LogP contribution is 2.24. The molecule has 12 heavy (non-hydrogen) atoms.